The van der Waals surface area contributed by atoms with Crippen LogP contribution in [0.25, 0.3) is 0 Å². The largest absolute Gasteiger partial charge is 0.451 e. The molecule has 1 heterocycles. The summed E-state index contributed by atoms with van der Waals surface area (Å²) in [6.07, 6.45) is -4.77. The number of anilines is 1. The van der Waals surface area contributed by atoms with Gasteiger partial charge in [-0.25, -0.2) is 9.48 Å². The first-order valence-corrected chi connectivity index (χ1v) is 6.32. The summed E-state index contributed by atoms with van der Waals surface area (Å²) >= 11 is 5.68. The molecule has 118 valence electrons. The Hall–Kier alpha value is -2.29. The van der Waals surface area contributed by atoms with Gasteiger partial charge in [0.25, 0.3) is 0 Å². The maximum Gasteiger partial charge on any atom is 0.451 e. The van der Waals surface area contributed by atoms with Gasteiger partial charge in [0.2, 0.25) is 11.7 Å². The molecule has 0 bridgehead atoms. The minimum atomic E-state index is -4.77. The lowest BCUT2D eigenvalue weighted by atomic mass is 10.3. The SMILES string of the molecule is Cn1c(C(F)(F)F)nn(CC(=O)Nc2ccc(Cl)cc2)c1=O. The quantitative estimate of drug-likeness (QED) is 0.932. The lowest BCUT2D eigenvalue weighted by molar-refractivity contribution is -0.147. The van der Waals surface area contributed by atoms with Crippen molar-refractivity contribution in [1.29, 1.82) is 0 Å². The Kier molecular flexibility index (Phi) is 4.27. The molecule has 0 atom stereocenters. The number of nitrogens with zero attached hydrogens (tertiary/aromatic N) is 3. The monoisotopic (exact) mass is 334 g/mol. The van der Waals surface area contributed by atoms with E-state index in [0.717, 1.165) is 7.05 Å². The molecule has 0 aliphatic heterocycles. The number of halogens is 4. The van der Waals surface area contributed by atoms with Crippen molar-refractivity contribution in [2.45, 2.75) is 12.7 Å². The molecule has 1 aromatic heterocycles. The highest BCUT2D eigenvalue weighted by molar-refractivity contribution is 6.30. The predicted molar refractivity (Wildman–Crippen MR) is 72.6 cm³/mol. The Morgan fingerprint density at radius 1 is 1.32 bits per heavy atom. The molecule has 10 heteroatoms. The summed E-state index contributed by atoms with van der Waals surface area (Å²) in [6, 6.07) is 6.10. The minimum Gasteiger partial charge on any atom is -0.324 e. The third-order valence-electron chi connectivity index (χ3n) is 2.72. The first-order chi connectivity index (χ1) is 10.2. The molecule has 0 spiro atoms. The molecule has 0 fully saturated rings. The van der Waals surface area contributed by atoms with Crippen molar-refractivity contribution < 1.29 is 18.0 Å². The summed E-state index contributed by atoms with van der Waals surface area (Å²) < 4.78 is 38.6. The highest BCUT2D eigenvalue weighted by atomic mass is 35.5. The van der Waals surface area contributed by atoms with Crippen molar-refractivity contribution >= 4 is 23.2 Å². The summed E-state index contributed by atoms with van der Waals surface area (Å²) in [5.41, 5.74) is -0.631. The third-order valence-corrected chi connectivity index (χ3v) is 2.97. The van der Waals surface area contributed by atoms with E-state index in [1.54, 1.807) is 0 Å². The molecule has 0 saturated carbocycles. The zero-order chi connectivity index (χ0) is 16.5. The summed E-state index contributed by atoms with van der Waals surface area (Å²) in [7, 11) is 0.936. The summed E-state index contributed by atoms with van der Waals surface area (Å²) in [4.78, 5) is 23.4. The third kappa shape index (κ3) is 3.48. The standard InChI is InChI=1S/C12H10ClF3N4O2/c1-19-10(12(14,15)16)18-20(11(19)22)6-9(21)17-8-4-2-7(13)3-5-8/h2-5H,6H2,1H3,(H,17,21). The normalized spacial score (nSPS) is 11.5. The Morgan fingerprint density at radius 2 is 1.91 bits per heavy atom. The fourth-order valence-electron chi connectivity index (χ4n) is 1.71. The van der Waals surface area contributed by atoms with Crippen LogP contribution < -0.4 is 11.0 Å². The number of benzene rings is 1. The van der Waals surface area contributed by atoms with Gasteiger partial charge in [-0.05, 0) is 24.3 Å². The molecule has 0 aliphatic carbocycles. The first-order valence-electron chi connectivity index (χ1n) is 5.95. The van der Waals surface area contributed by atoms with Crippen LogP contribution in [0.2, 0.25) is 5.02 Å². The molecule has 6 nitrogen and oxygen atoms in total. The van der Waals surface area contributed by atoms with Gasteiger partial charge in [-0.3, -0.25) is 9.36 Å². The van der Waals surface area contributed by atoms with E-state index in [0.29, 0.717) is 20.0 Å². The molecule has 0 unspecified atom stereocenters. The molecule has 0 aliphatic rings. The fourth-order valence-corrected chi connectivity index (χ4v) is 1.83. The van der Waals surface area contributed by atoms with Crippen molar-refractivity contribution in [3.05, 3.63) is 45.6 Å². The van der Waals surface area contributed by atoms with Crippen LogP contribution in [-0.4, -0.2) is 20.3 Å². The molecule has 1 N–H and O–H groups in total. The Balaban J connectivity index is 2.15. The Labute approximate surface area is 127 Å². The molecule has 2 rings (SSSR count). The van der Waals surface area contributed by atoms with Crippen LogP contribution in [-0.2, 0) is 24.6 Å². The van der Waals surface area contributed by atoms with E-state index in [1.165, 1.54) is 24.3 Å². The van der Waals surface area contributed by atoms with Crippen LogP contribution in [0.5, 0.6) is 0 Å². The minimum absolute atomic E-state index is 0.343. The average molecular weight is 335 g/mol. The average Bonchev–Trinajstić information content (AvgIpc) is 2.69. The number of carbonyl (C=O) groups is 1. The zero-order valence-corrected chi connectivity index (χ0v) is 11.9. The molecular weight excluding hydrogens is 325 g/mol. The van der Waals surface area contributed by atoms with E-state index >= 15 is 0 Å². The molecule has 1 amide bonds. The highest BCUT2D eigenvalue weighted by Gasteiger charge is 2.38. The van der Waals surface area contributed by atoms with E-state index in [9.17, 15) is 22.8 Å². The summed E-state index contributed by atoms with van der Waals surface area (Å²) in [5, 5.41) is 6.03. The van der Waals surface area contributed by atoms with Gasteiger partial charge in [-0.1, -0.05) is 11.6 Å². The molecule has 2 aromatic rings. The van der Waals surface area contributed by atoms with E-state index in [4.69, 9.17) is 11.6 Å². The Bertz CT molecular complexity index is 749. The van der Waals surface area contributed by atoms with Crippen LogP contribution in [0.1, 0.15) is 5.82 Å². The molecule has 1 aromatic carbocycles. The van der Waals surface area contributed by atoms with Gasteiger partial charge >= 0.3 is 11.9 Å². The van der Waals surface area contributed by atoms with Gasteiger partial charge in [0, 0.05) is 17.8 Å². The van der Waals surface area contributed by atoms with Crippen molar-refractivity contribution in [1.82, 2.24) is 14.3 Å². The number of rotatable bonds is 3. The number of aromatic nitrogens is 3. The molecular formula is C12H10ClF3N4O2. The lowest BCUT2D eigenvalue weighted by Crippen LogP contribution is -2.29. The van der Waals surface area contributed by atoms with Crippen LogP contribution in [0.15, 0.2) is 29.1 Å². The zero-order valence-electron chi connectivity index (χ0n) is 11.2. The lowest BCUT2D eigenvalue weighted by Gasteiger charge is -2.04. The van der Waals surface area contributed by atoms with Crippen LogP contribution >= 0.6 is 11.6 Å². The van der Waals surface area contributed by atoms with Gasteiger partial charge in [0.15, 0.2) is 0 Å². The second kappa shape index (κ2) is 5.84. The highest BCUT2D eigenvalue weighted by Crippen LogP contribution is 2.25. The fraction of sp³-hybridized carbons (Fsp3) is 0.250. The van der Waals surface area contributed by atoms with Gasteiger partial charge in [0.05, 0.1) is 0 Å². The van der Waals surface area contributed by atoms with Crippen molar-refractivity contribution in [3.8, 4) is 0 Å². The topological polar surface area (TPSA) is 68.9 Å². The Morgan fingerprint density at radius 3 is 2.41 bits per heavy atom. The van der Waals surface area contributed by atoms with Gasteiger partial charge in [-0.15, -0.1) is 5.10 Å². The van der Waals surface area contributed by atoms with Gasteiger partial charge in [0.1, 0.15) is 6.54 Å². The second-order valence-electron chi connectivity index (χ2n) is 4.38. The first kappa shape index (κ1) is 16.1. The smallest absolute Gasteiger partial charge is 0.324 e. The number of hydrogen-bond donors (Lipinski definition) is 1. The second-order valence-corrected chi connectivity index (χ2v) is 4.81. The number of carbonyl (C=O) groups excluding carboxylic acids is 1. The molecule has 0 saturated heterocycles. The number of alkyl halides is 3. The van der Waals surface area contributed by atoms with Crippen LogP contribution in [0.3, 0.4) is 0 Å². The van der Waals surface area contributed by atoms with Crippen LogP contribution in [0.4, 0.5) is 18.9 Å². The van der Waals surface area contributed by atoms with Crippen molar-refractivity contribution in [2.24, 2.45) is 7.05 Å². The van der Waals surface area contributed by atoms with Gasteiger partial charge < -0.3 is 5.32 Å². The number of amides is 1. The van der Waals surface area contributed by atoms with E-state index < -0.39 is 30.1 Å². The van der Waals surface area contributed by atoms with Crippen molar-refractivity contribution in [2.75, 3.05) is 5.32 Å². The number of hydrogen-bond acceptors (Lipinski definition) is 3. The maximum atomic E-state index is 12.6. The molecule has 22 heavy (non-hydrogen) atoms. The molecule has 0 radical (unpaired) electrons. The predicted octanol–water partition coefficient (Wildman–Crippen LogP) is 1.89. The van der Waals surface area contributed by atoms with Crippen LogP contribution in [0, 0.1) is 0 Å². The maximum absolute atomic E-state index is 12.6. The van der Waals surface area contributed by atoms with E-state index in [1.807, 2.05) is 0 Å². The van der Waals surface area contributed by atoms with Crippen molar-refractivity contribution in [3.63, 3.8) is 0 Å². The van der Waals surface area contributed by atoms with E-state index in [-0.39, 0.29) is 0 Å². The summed E-state index contributed by atoms with van der Waals surface area (Å²) in [5.74, 6) is -2.05. The number of nitrogens with one attached hydrogen (secondary N) is 1. The van der Waals surface area contributed by atoms with Gasteiger partial charge in [-0.2, -0.15) is 13.2 Å². The van der Waals surface area contributed by atoms with E-state index in [2.05, 4.69) is 10.4 Å². The summed E-state index contributed by atoms with van der Waals surface area (Å²) in [6.45, 7) is -0.634.